The standard InChI is InChI=1S/C9H15NOS/c1-3-9(10,7-11-2)8-5-4-6-12-8/h4-6H,3,7,10H2,1-2H3. The van der Waals surface area contributed by atoms with Crippen LogP contribution < -0.4 is 5.73 Å². The number of hydrogen-bond acceptors (Lipinski definition) is 3. The third-order valence-corrected chi connectivity index (χ3v) is 3.13. The van der Waals surface area contributed by atoms with Gasteiger partial charge in [-0.2, -0.15) is 0 Å². The van der Waals surface area contributed by atoms with Gasteiger partial charge in [-0.3, -0.25) is 0 Å². The first-order valence-corrected chi connectivity index (χ1v) is 4.92. The maximum atomic E-state index is 6.16. The van der Waals surface area contributed by atoms with Crippen LogP contribution in [0.4, 0.5) is 0 Å². The lowest BCUT2D eigenvalue weighted by Crippen LogP contribution is -2.39. The van der Waals surface area contributed by atoms with E-state index in [2.05, 4.69) is 13.0 Å². The lowest BCUT2D eigenvalue weighted by atomic mass is 9.97. The van der Waals surface area contributed by atoms with Gasteiger partial charge in [-0.1, -0.05) is 13.0 Å². The highest BCUT2D eigenvalue weighted by molar-refractivity contribution is 7.10. The van der Waals surface area contributed by atoms with Crippen molar-refractivity contribution in [3.05, 3.63) is 22.4 Å². The largest absolute Gasteiger partial charge is 0.382 e. The topological polar surface area (TPSA) is 35.2 Å². The molecule has 0 spiro atoms. The van der Waals surface area contributed by atoms with Crippen LogP contribution in [0.15, 0.2) is 17.5 Å². The summed E-state index contributed by atoms with van der Waals surface area (Å²) >= 11 is 1.69. The molecule has 0 aliphatic carbocycles. The predicted octanol–water partition coefficient (Wildman–Crippen LogP) is 1.96. The molecule has 2 nitrogen and oxygen atoms in total. The summed E-state index contributed by atoms with van der Waals surface area (Å²) in [4.78, 5) is 1.20. The van der Waals surface area contributed by atoms with Crippen LogP contribution in [0.3, 0.4) is 0 Å². The van der Waals surface area contributed by atoms with Crippen molar-refractivity contribution in [2.45, 2.75) is 18.9 Å². The van der Waals surface area contributed by atoms with Crippen LogP contribution in [0.1, 0.15) is 18.2 Å². The molecule has 12 heavy (non-hydrogen) atoms. The number of rotatable bonds is 4. The summed E-state index contributed by atoms with van der Waals surface area (Å²) in [5, 5.41) is 2.04. The minimum Gasteiger partial charge on any atom is -0.382 e. The molecule has 0 aromatic carbocycles. The van der Waals surface area contributed by atoms with Crippen LogP contribution in [0.25, 0.3) is 0 Å². The summed E-state index contributed by atoms with van der Waals surface area (Å²) in [6.07, 6.45) is 0.904. The molecule has 0 saturated carbocycles. The molecule has 1 aromatic rings. The molecule has 1 atom stereocenters. The van der Waals surface area contributed by atoms with E-state index in [4.69, 9.17) is 10.5 Å². The molecule has 3 heteroatoms. The Morgan fingerprint density at radius 1 is 1.67 bits per heavy atom. The molecule has 0 saturated heterocycles. The SMILES string of the molecule is CCC(N)(COC)c1cccs1. The van der Waals surface area contributed by atoms with Crippen molar-refractivity contribution >= 4 is 11.3 Å². The molecule has 0 bridgehead atoms. The average Bonchev–Trinajstić information content (AvgIpc) is 2.57. The van der Waals surface area contributed by atoms with E-state index < -0.39 is 0 Å². The summed E-state index contributed by atoms with van der Waals surface area (Å²) in [6.45, 7) is 2.67. The second kappa shape index (κ2) is 4.03. The van der Waals surface area contributed by atoms with Crippen LogP contribution in [0.2, 0.25) is 0 Å². The minimum atomic E-state index is -0.289. The average molecular weight is 185 g/mol. The van der Waals surface area contributed by atoms with Gasteiger partial charge in [-0.25, -0.2) is 0 Å². The Hall–Kier alpha value is -0.380. The number of thiophene rings is 1. The van der Waals surface area contributed by atoms with Gasteiger partial charge in [0.1, 0.15) is 0 Å². The Balaban J connectivity index is 2.80. The zero-order valence-corrected chi connectivity index (χ0v) is 8.36. The molecule has 1 unspecified atom stereocenters. The monoisotopic (exact) mass is 185 g/mol. The smallest absolute Gasteiger partial charge is 0.0737 e. The van der Waals surface area contributed by atoms with Gasteiger partial charge in [0, 0.05) is 12.0 Å². The van der Waals surface area contributed by atoms with Crippen molar-refractivity contribution in [2.75, 3.05) is 13.7 Å². The first kappa shape index (κ1) is 9.71. The van der Waals surface area contributed by atoms with Crippen molar-refractivity contribution < 1.29 is 4.74 Å². The Kier molecular flexibility index (Phi) is 3.26. The maximum absolute atomic E-state index is 6.16. The van der Waals surface area contributed by atoms with E-state index in [1.165, 1.54) is 4.88 Å². The number of nitrogens with two attached hydrogens (primary N) is 1. The van der Waals surface area contributed by atoms with E-state index in [0.29, 0.717) is 6.61 Å². The Bertz CT molecular complexity index is 222. The van der Waals surface area contributed by atoms with Gasteiger partial charge in [-0.15, -0.1) is 11.3 Å². The summed E-state index contributed by atoms with van der Waals surface area (Å²) < 4.78 is 5.10. The van der Waals surface area contributed by atoms with E-state index in [-0.39, 0.29) is 5.54 Å². The third kappa shape index (κ3) is 1.86. The van der Waals surface area contributed by atoms with Crippen LogP contribution in [0, 0.1) is 0 Å². The van der Waals surface area contributed by atoms with E-state index in [1.54, 1.807) is 18.4 Å². The van der Waals surface area contributed by atoms with Gasteiger partial charge in [0.05, 0.1) is 12.1 Å². The van der Waals surface area contributed by atoms with Crippen LogP contribution in [-0.4, -0.2) is 13.7 Å². The van der Waals surface area contributed by atoms with Crippen molar-refractivity contribution in [3.63, 3.8) is 0 Å². The number of hydrogen-bond donors (Lipinski definition) is 1. The molecule has 0 aliphatic heterocycles. The molecular weight excluding hydrogens is 170 g/mol. The summed E-state index contributed by atoms with van der Waals surface area (Å²) in [7, 11) is 1.69. The van der Waals surface area contributed by atoms with E-state index in [9.17, 15) is 0 Å². The fraction of sp³-hybridized carbons (Fsp3) is 0.556. The third-order valence-electron chi connectivity index (χ3n) is 2.04. The number of methoxy groups -OCH3 is 1. The molecule has 0 fully saturated rings. The summed E-state index contributed by atoms with van der Waals surface area (Å²) in [5.74, 6) is 0. The van der Waals surface area contributed by atoms with Crippen molar-refractivity contribution in [1.82, 2.24) is 0 Å². The second-order valence-electron chi connectivity index (χ2n) is 2.92. The maximum Gasteiger partial charge on any atom is 0.0737 e. The first-order chi connectivity index (χ1) is 5.73. The van der Waals surface area contributed by atoms with Gasteiger partial charge < -0.3 is 10.5 Å². The fourth-order valence-electron chi connectivity index (χ4n) is 1.17. The molecule has 2 N–H and O–H groups in total. The molecule has 0 amide bonds. The second-order valence-corrected chi connectivity index (χ2v) is 3.87. The quantitative estimate of drug-likeness (QED) is 0.778. The summed E-state index contributed by atoms with van der Waals surface area (Å²) in [6, 6.07) is 4.08. The number of ether oxygens (including phenoxy) is 1. The highest BCUT2D eigenvalue weighted by atomic mass is 32.1. The highest BCUT2D eigenvalue weighted by Gasteiger charge is 2.25. The minimum absolute atomic E-state index is 0.289. The van der Waals surface area contributed by atoms with Gasteiger partial charge in [0.15, 0.2) is 0 Å². The highest BCUT2D eigenvalue weighted by Crippen LogP contribution is 2.26. The molecule has 1 rings (SSSR count). The Morgan fingerprint density at radius 2 is 2.42 bits per heavy atom. The Morgan fingerprint density at radius 3 is 2.83 bits per heavy atom. The predicted molar refractivity (Wildman–Crippen MR) is 52.4 cm³/mol. The van der Waals surface area contributed by atoms with Crippen molar-refractivity contribution in [1.29, 1.82) is 0 Å². The molecular formula is C9H15NOS. The Labute approximate surface area is 77.3 Å². The lowest BCUT2D eigenvalue weighted by molar-refractivity contribution is 0.131. The molecule has 0 aliphatic rings. The fourth-order valence-corrected chi connectivity index (χ4v) is 2.07. The normalized spacial score (nSPS) is 15.9. The van der Waals surface area contributed by atoms with Gasteiger partial charge >= 0.3 is 0 Å². The lowest BCUT2D eigenvalue weighted by Gasteiger charge is -2.25. The molecule has 1 heterocycles. The van der Waals surface area contributed by atoms with E-state index in [1.807, 2.05) is 11.4 Å². The zero-order valence-electron chi connectivity index (χ0n) is 7.54. The van der Waals surface area contributed by atoms with Gasteiger partial charge in [0.2, 0.25) is 0 Å². The molecule has 0 radical (unpaired) electrons. The van der Waals surface area contributed by atoms with E-state index >= 15 is 0 Å². The van der Waals surface area contributed by atoms with Crippen molar-refractivity contribution in [2.24, 2.45) is 5.73 Å². The van der Waals surface area contributed by atoms with Crippen LogP contribution in [0.5, 0.6) is 0 Å². The van der Waals surface area contributed by atoms with Gasteiger partial charge in [0.25, 0.3) is 0 Å². The molecule has 68 valence electrons. The summed E-state index contributed by atoms with van der Waals surface area (Å²) in [5.41, 5.74) is 5.87. The van der Waals surface area contributed by atoms with Crippen LogP contribution in [-0.2, 0) is 10.3 Å². The van der Waals surface area contributed by atoms with E-state index in [0.717, 1.165) is 6.42 Å². The van der Waals surface area contributed by atoms with Crippen LogP contribution >= 0.6 is 11.3 Å². The zero-order chi connectivity index (χ0) is 9.03. The van der Waals surface area contributed by atoms with Crippen molar-refractivity contribution in [3.8, 4) is 0 Å². The first-order valence-electron chi connectivity index (χ1n) is 4.04. The van der Waals surface area contributed by atoms with Gasteiger partial charge in [-0.05, 0) is 17.9 Å². The molecule has 1 aromatic heterocycles.